The number of hydrogen-bond donors (Lipinski definition) is 5. The van der Waals surface area contributed by atoms with Crippen molar-refractivity contribution in [3.05, 3.63) is 34.4 Å². The second kappa shape index (κ2) is 6.33. The van der Waals surface area contributed by atoms with Crippen molar-refractivity contribution in [3.63, 3.8) is 0 Å². The number of nitro groups is 1. The Kier molecular flexibility index (Phi) is 4.70. The van der Waals surface area contributed by atoms with Crippen LogP contribution in [0.2, 0.25) is 0 Å². The second-order valence-electron chi connectivity index (χ2n) is 4.70. The number of anilines is 1. The average Bonchev–Trinajstić information content (AvgIpc) is 2.48. The Balaban J connectivity index is 2.08. The first-order valence-electron chi connectivity index (χ1n) is 6.25. The molecule has 0 amide bonds. The van der Waals surface area contributed by atoms with E-state index < -0.39 is 42.2 Å². The fourth-order valence-electron chi connectivity index (χ4n) is 2.06. The molecule has 116 valence electrons. The Morgan fingerprint density at radius 1 is 1.14 bits per heavy atom. The molecule has 0 radical (unpaired) electrons. The smallest absolute Gasteiger partial charge is 0.269 e. The Morgan fingerprint density at radius 3 is 2.29 bits per heavy atom. The molecule has 1 heterocycles. The number of nitro benzene ring substituents is 1. The lowest BCUT2D eigenvalue weighted by Crippen LogP contribution is -2.60. The molecule has 21 heavy (non-hydrogen) atoms. The molecule has 2 rings (SSSR count). The van der Waals surface area contributed by atoms with Crippen molar-refractivity contribution in [1.82, 2.24) is 0 Å². The molecule has 0 aliphatic carbocycles. The molecule has 0 spiro atoms. The molecule has 1 saturated heterocycles. The topological polar surface area (TPSA) is 145 Å². The van der Waals surface area contributed by atoms with Gasteiger partial charge in [0.05, 0.1) is 11.5 Å². The minimum absolute atomic E-state index is 0.0886. The number of aliphatic hydroxyl groups excluding tert-OH is 4. The van der Waals surface area contributed by atoms with Crippen LogP contribution in [0.4, 0.5) is 11.4 Å². The zero-order valence-corrected chi connectivity index (χ0v) is 10.9. The van der Waals surface area contributed by atoms with Crippen molar-refractivity contribution < 1.29 is 30.1 Å². The van der Waals surface area contributed by atoms with Crippen LogP contribution >= 0.6 is 0 Å². The number of aliphatic hydroxyl groups is 4. The lowest BCUT2D eigenvalue weighted by Gasteiger charge is -2.40. The van der Waals surface area contributed by atoms with Crippen LogP contribution in [0, 0.1) is 10.1 Å². The number of nitrogens with zero attached hydrogens (tertiary/aromatic N) is 1. The summed E-state index contributed by atoms with van der Waals surface area (Å²) in [6, 6.07) is 5.37. The third-order valence-electron chi connectivity index (χ3n) is 3.28. The molecule has 9 heteroatoms. The summed E-state index contributed by atoms with van der Waals surface area (Å²) in [6.07, 6.45) is -6.41. The Bertz CT molecular complexity index is 493. The zero-order chi connectivity index (χ0) is 15.6. The number of hydrogen-bond acceptors (Lipinski definition) is 8. The van der Waals surface area contributed by atoms with Crippen molar-refractivity contribution in [3.8, 4) is 0 Å². The van der Waals surface area contributed by atoms with Crippen LogP contribution < -0.4 is 5.32 Å². The predicted molar refractivity (Wildman–Crippen MR) is 70.5 cm³/mol. The summed E-state index contributed by atoms with van der Waals surface area (Å²) >= 11 is 0. The van der Waals surface area contributed by atoms with Gasteiger partial charge in [0.2, 0.25) is 0 Å². The second-order valence-corrected chi connectivity index (χ2v) is 4.70. The van der Waals surface area contributed by atoms with Crippen molar-refractivity contribution >= 4 is 11.4 Å². The maximum atomic E-state index is 10.5. The van der Waals surface area contributed by atoms with Gasteiger partial charge in [-0.2, -0.15) is 0 Å². The summed E-state index contributed by atoms with van der Waals surface area (Å²) in [5.74, 6) is 0. The Labute approximate surface area is 119 Å². The monoisotopic (exact) mass is 300 g/mol. The number of nitrogens with one attached hydrogen (secondary N) is 1. The van der Waals surface area contributed by atoms with Gasteiger partial charge in [0.15, 0.2) is 6.23 Å². The maximum absolute atomic E-state index is 10.5. The summed E-state index contributed by atoms with van der Waals surface area (Å²) in [5, 5.41) is 51.5. The van der Waals surface area contributed by atoms with Gasteiger partial charge in [-0.1, -0.05) is 0 Å². The molecule has 0 aromatic heterocycles. The molecule has 0 unspecified atom stereocenters. The molecule has 9 nitrogen and oxygen atoms in total. The molecule has 0 saturated carbocycles. The Hall–Kier alpha value is -1.78. The van der Waals surface area contributed by atoms with Gasteiger partial charge in [-0.15, -0.1) is 0 Å². The van der Waals surface area contributed by atoms with Gasteiger partial charge in [-0.05, 0) is 12.1 Å². The van der Waals surface area contributed by atoms with E-state index in [0.717, 1.165) is 0 Å². The highest BCUT2D eigenvalue weighted by Crippen LogP contribution is 2.23. The van der Waals surface area contributed by atoms with E-state index in [-0.39, 0.29) is 5.69 Å². The number of rotatable bonds is 4. The maximum Gasteiger partial charge on any atom is 0.269 e. The van der Waals surface area contributed by atoms with Gasteiger partial charge >= 0.3 is 0 Å². The molecule has 0 bridgehead atoms. The minimum atomic E-state index is -1.48. The van der Waals surface area contributed by atoms with Gasteiger partial charge in [-0.3, -0.25) is 10.1 Å². The molecule has 5 atom stereocenters. The van der Waals surface area contributed by atoms with E-state index >= 15 is 0 Å². The summed E-state index contributed by atoms with van der Waals surface area (Å²) in [7, 11) is 0. The highest BCUT2D eigenvalue weighted by Gasteiger charge is 2.43. The van der Waals surface area contributed by atoms with Crippen LogP contribution in [0.15, 0.2) is 24.3 Å². The molecule has 1 aliphatic rings. The van der Waals surface area contributed by atoms with Gasteiger partial charge in [-0.25, -0.2) is 0 Å². The van der Waals surface area contributed by atoms with E-state index in [1.165, 1.54) is 24.3 Å². The zero-order valence-electron chi connectivity index (χ0n) is 10.9. The lowest BCUT2D eigenvalue weighted by atomic mass is 9.98. The van der Waals surface area contributed by atoms with Gasteiger partial charge in [0.1, 0.15) is 24.4 Å². The van der Waals surface area contributed by atoms with E-state index in [2.05, 4.69) is 5.32 Å². The number of ether oxygens (including phenoxy) is 1. The average molecular weight is 300 g/mol. The first-order valence-corrected chi connectivity index (χ1v) is 6.25. The van der Waals surface area contributed by atoms with Crippen LogP contribution in [0.3, 0.4) is 0 Å². The van der Waals surface area contributed by atoms with E-state index in [1.54, 1.807) is 0 Å². The van der Waals surface area contributed by atoms with Gasteiger partial charge in [0.25, 0.3) is 5.69 Å². The molecule has 1 aromatic carbocycles. The molecular formula is C12H16N2O7. The minimum Gasteiger partial charge on any atom is -0.394 e. The first kappa shape index (κ1) is 15.6. The standard InChI is InChI=1S/C12H16N2O7/c15-5-8-9(16)10(17)11(18)12(21-8)13-6-1-3-7(4-2-6)14(19)20/h1-4,8-13,15-18H,5H2/t8-,9-,10+,11+,12-/m1/s1. The highest BCUT2D eigenvalue weighted by atomic mass is 16.6. The predicted octanol–water partition coefficient (Wildman–Crippen LogP) is -1.19. The van der Waals surface area contributed by atoms with Gasteiger partial charge < -0.3 is 30.5 Å². The van der Waals surface area contributed by atoms with Crippen LogP contribution in [-0.4, -0.2) is 62.6 Å². The van der Waals surface area contributed by atoms with E-state index in [0.29, 0.717) is 5.69 Å². The largest absolute Gasteiger partial charge is 0.394 e. The third kappa shape index (κ3) is 3.28. The van der Waals surface area contributed by atoms with E-state index in [9.17, 15) is 25.4 Å². The van der Waals surface area contributed by atoms with Crippen molar-refractivity contribution in [2.75, 3.05) is 11.9 Å². The normalized spacial score (nSPS) is 32.7. The highest BCUT2D eigenvalue weighted by molar-refractivity contribution is 5.49. The lowest BCUT2D eigenvalue weighted by molar-refractivity contribution is -0.384. The number of benzene rings is 1. The summed E-state index contributed by atoms with van der Waals surface area (Å²) < 4.78 is 5.26. The van der Waals surface area contributed by atoms with Crippen LogP contribution in [-0.2, 0) is 4.74 Å². The first-order chi connectivity index (χ1) is 9.93. The SMILES string of the molecule is O=[N+]([O-])c1ccc(N[C@@H]2O[C@H](CO)[C@@H](O)[C@H](O)[C@@H]2O)cc1. The summed E-state index contributed by atoms with van der Waals surface area (Å²) in [6.45, 7) is -0.524. The van der Waals surface area contributed by atoms with E-state index in [1.807, 2.05) is 0 Å². The third-order valence-corrected chi connectivity index (χ3v) is 3.28. The number of non-ortho nitro benzene ring substituents is 1. The molecule has 1 aliphatic heterocycles. The fraction of sp³-hybridized carbons (Fsp3) is 0.500. The molecule has 1 fully saturated rings. The van der Waals surface area contributed by atoms with Crippen molar-refractivity contribution in [1.29, 1.82) is 0 Å². The summed E-state index contributed by atoms with van der Waals surface area (Å²) in [4.78, 5) is 10.0. The molecule has 5 N–H and O–H groups in total. The van der Waals surface area contributed by atoms with Crippen LogP contribution in [0.25, 0.3) is 0 Å². The fourth-order valence-corrected chi connectivity index (χ4v) is 2.06. The van der Waals surface area contributed by atoms with Crippen molar-refractivity contribution in [2.45, 2.75) is 30.6 Å². The van der Waals surface area contributed by atoms with Crippen LogP contribution in [0.1, 0.15) is 0 Å². The molecule has 1 aromatic rings. The van der Waals surface area contributed by atoms with Gasteiger partial charge in [0, 0.05) is 17.8 Å². The van der Waals surface area contributed by atoms with E-state index in [4.69, 9.17) is 9.84 Å². The van der Waals surface area contributed by atoms with Crippen LogP contribution in [0.5, 0.6) is 0 Å². The quantitative estimate of drug-likeness (QED) is 0.344. The summed E-state index contributed by atoms with van der Waals surface area (Å²) in [5.41, 5.74) is 0.333. The molecular weight excluding hydrogens is 284 g/mol. The Morgan fingerprint density at radius 2 is 1.76 bits per heavy atom. The van der Waals surface area contributed by atoms with Crippen molar-refractivity contribution in [2.24, 2.45) is 0 Å².